The van der Waals surface area contributed by atoms with E-state index in [1.165, 1.54) is 30.0 Å². The van der Waals surface area contributed by atoms with Gasteiger partial charge in [-0.1, -0.05) is 11.6 Å². The molecule has 4 heterocycles. The van der Waals surface area contributed by atoms with E-state index in [0.717, 1.165) is 31.3 Å². The third kappa shape index (κ3) is 5.15. The van der Waals surface area contributed by atoms with Gasteiger partial charge in [0.15, 0.2) is 0 Å². The summed E-state index contributed by atoms with van der Waals surface area (Å²) in [6.45, 7) is 2.25. The topological polar surface area (TPSA) is 115 Å². The number of rotatable bonds is 8. The molecule has 38 heavy (non-hydrogen) atoms. The summed E-state index contributed by atoms with van der Waals surface area (Å²) in [4.78, 5) is 23.5. The molecule has 1 aliphatic rings. The van der Waals surface area contributed by atoms with E-state index in [9.17, 15) is 17.6 Å². The van der Waals surface area contributed by atoms with Gasteiger partial charge < -0.3 is 14.4 Å². The predicted molar refractivity (Wildman–Crippen MR) is 140 cm³/mol. The quantitative estimate of drug-likeness (QED) is 0.350. The van der Waals surface area contributed by atoms with Crippen molar-refractivity contribution < 1.29 is 22.3 Å². The Bertz CT molecular complexity index is 1690. The first-order valence-electron chi connectivity index (χ1n) is 11.5. The first kappa shape index (κ1) is 25.9. The molecule has 5 rings (SSSR count). The van der Waals surface area contributed by atoms with Crippen LogP contribution in [0.1, 0.15) is 0 Å². The maximum atomic E-state index is 13.4. The molecule has 3 aromatic heterocycles. The number of halogens is 2. The normalized spacial score (nSPS) is 14.3. The molecule has 1 aromatic carbocycles. The van der Waals surface area contributed by atoms with Gasteiger partial charge in [-0.05, 0) is 43.4 Å². The average molecular weight is 560 g/mol. The highest BCUT2D eigenvalue weighted by atomic mass is 35.5. The number of benzene rings is 1. The third-order valence-electron chi connectivity index (χ3n) is 6.09. The molecule has 0 amide bonds. The van der Waals surface area contributed by atoms with Crippen molar-refractivity contribution in [3.05, 3.63) is 76.2 Å². The lowest BCUT2D eigenvalue weighted by Gasteiger charge is -2.35. The summed E-state index contributed by atoms with van der Waals surface area (Å²) in [6, 6.07) is 7.86. The highest BCUT2D eigenvalue weighted by Gasteiger charge is 2.24. The van der Waals surface area contributed by atoms with Crippen molar-refractivity contribution >= 4 is 33.0 Å². The fourth-order valence-corrected chi connectivity index (χ4v) is 5.79. The van der Waals surface area contributed by atoms with Crippen molar-refractivity contribution in [2.45, 2.75) is 4.90 Å². The maximum absolute atomic E-state index is 13.4. The standard InChI is InChI=1S/C25H23ClFN5O5S/c1-31-11-15(12-31)14-37-21-10-28-23-6-3-16(13-32(23)25(21)33)17-7-20(24(36-2)29-9-17)30-38(34,35)22-5-4-18(27)8-19(22)26/h3-10,13,15,30H,11-12,14H2,1-2H3. The number of methoxy groups -OCH3 is 1. The Morgan fingerprint density at radius 2 is 1.92 bits per heavy atom. The minimum Gasteiger partial charge on any atom is -0.486 e. The number of sulfonamides is 1. The molecule has 0 spiro atoms. The van der Waals surface area contributed by atoms with Gasteiger partial charge in [-0.25, -0.2) is 22.8 Å². The molecular formula is C25H23ClFN5O5S. The van der Waals surface area contributed by atoms with E-state index in [-0.39, 0.29) is 32.8 Å². The van der Waals surface area contributed by atoms with Crippen molar-refractivity contribution in [2.75, 3.05) is 38.6 Å². The molecule has 0 atom stereocenters. The van der Waals surface area contributed by atoms with Crippen molar-refractivity contribution in [3.8, 4) is 22.8 Å². The average Bonchev–Trinajstić information content (AvgIpc) is 2.86. The van der Waals surface area contributed by atoms with Crippen LogP contribution in [0.5, 0.6) is 11.6 Å². The SMILES string of the molecule is COc1ncc(-c2ccc3ncc(OCC4CN(C)C4)c(=O)n3c2)cc1NS(=O)(=O)c1ccc(F)cc1Cl. The molecule has 4 aromatic rings. The number of aromatic nitrogens is 3. The Labute approximate surface area is 222 Å². The lowest BCUT2D eigenvalue weighted by molar-refractivity contribution is 0.0849. The van der Waals surface area contributed by atoms with E-state index in [1.54, 1.807) is 18.3 Å². The predicted octanol–water partition coefficient (Wildman–Crippen LogP) is 3.30. The van der Waals surface area contributed by atoms with Crippen molar-refractivity contribution in [2.24, 2.45) is 5.92 Å². The third-order valence-corrected chi connectivity index (χ3v) is 7.94. The van der Waals surface area contributed by atoms with Gasteiger partial charge in [0.05, 0.1) is 24.9 Å². The van der Waals surface area contributed by atoms with E-state index >= 15 is 0 Å². The van der Waals surface area contributed by atoms with Crippen LogP contribution in [-0.2, 0) is 10.0 Å². The summed E-state index contributed by atoms with van der Waals surface area (Å²) in [7, 11) is -0.844. The Morgan fingerprint density at radius 3 is 2.63 bits per heavy atom. The first-order valence-corrected chi connectivity index (χ1v) is 13.4. The van der Waals surface area contributed by atoms with Crippen LogP contribution in [0.2, 0.25) is 5.02 Å². The van der Waals surface area contributed by atoms with Crippen LogP contribution in [0.4, 0.5) is 10.1 Å². The molecule has 1 saturated heterocycles. The molecule has 13 heteroatoms. The zero-order chi connectivity index (χ0) is 27.0. The fraction of sp³-hybridized carbons (Fsp3) is 0.240. The summed E-state index contributed by atoms with van der Waals surface area (Å²) in [6.07, 6.45) is 4.48. The first-order chi connectivity index (χ1) is 18.1. The van der Waals surface area contributed by atoms with Crippen LogP contribution in [0, 0.1) is 11.7 Å². The summed E-state index contributed by atoms with van der Waals surface area (Å²) < 4.78 is 54.1. The van der Waals surface area contributed by atoms with Crippen LogP contribution < -0.4 is 19.8 Å². The molecule has 0 saturated carbocycles. The van der Waals surface area contributed by atoms with Crippen LogP contribution in [0.25, 0.3) is 16.8 Å². The van der Waals surface area contributed by atoms with Gasteiger partial charge in [0, 0.05) is 42.5 Å². The lowest BCUT2D eigenvalue weighted by Crippen LogP contribution is -2.46. The summed E-state index contributed by atoms with van der Waals surface area (Å²) in [5, 5.41) is -0.274. The fourth-order valence-electron chi connectivity index (χ4n) is 4.21. The second-order valence-electron chi connectivity index (χ2n) is 8.93. The molecule has 0 bridgehead atoms. The van der Waals surface area contributed by atoms with Gasteiger partial charge in [0.25, 0.3) is 15.6 Å². The van der Waals surface area contributed by atoms with Crippen LogP contribution in [0.15, 0.2) is 64.7 Å². The van der Waals surface area contributed by atoms with E-state index in [4.69, 9.17) is 21.1 Å². The van der Waals surface area contributed by atoms with Gasteiger partial charge in [0.1, 0.15) is 22.0 Å². The zero-order valence-corrected chi connectivity index (χ0v) is 22.0. The number of nitrogens with one attached hydrogen (secondary N) is 1. The highest BCUT2D eigenvalue weighted by molar-refractivity contribution is 7.92. The molecular weight excluding hydrogens is 537 g/mol. The van der Waals surface area contributed by atoms with Crippen molar-refractivity contribution in [1.82, 2.24) is 19.3 Å². The van der Waals surface area contributed by atoms with Gasteiger partial charge in [-0.15, -0.1) is 0 Å². The Balaban J connectivity index is 1.47. The molecule has 198 valence electrons. The Kier molecular flexibility index (Phi) is 6.95. The largest absolute Gasteiger partial charge is 0.486 e. The smallest absolute Gasteiger partial charge is 0.300 e. The number of nitrogens with zero attached hydrogens (tertiary/aromatic N) is 4. The van der Waals surface area contributed by atoms with Crippen molar-refractivity contribution in [1.29, 1.82) is 0 Å². The second kappa shape index (κ2) is 10.2. The van der Waals surface area contributed by atoms with Crippen LogP contribution in [-0.4, -0.2) is 61.5 Å². The minimum absolute atomic E-state index is 0.00695. The van der Waals surface area contributed by atoms with Gasteiger partial charge in [-0.2, -0.15) is 0 Å². The molecule has 1 aliphatic heterocycles. The van der Waals surface area contributed by atoms with Gasteiger partial charge in [0.2, 0.25) is 11.6 Å². The molecule has 0 radical (unpaired) electrons. The Hall–Kier alpha value is -3.74. The highest BCUT2D eigenvalue weighted by Crippen LogP contribution is 2.32. The van der Waals surface area contributed by atoms with Crippen molar-refractivity contribution in [3.63, 3.8) is 0 Å². The zero-order valence-electron chi connectivity index (χ0n) is 20.4. The number of pyridine rings is 2. The minimum atomic E-state index is -4.21. The monoisotopic (exact) mass is 559 g/mol. The maximum Gasteiger partial charge on any atom is 0.300 e. The molecule has 1 N–H and O–H groups in total. The number of fused-ring (bicyclic) bond motifs is 1. The second-order valence-corrected chi connectivity index (χ2v) is 11.0. The summed E-state index contributed by atoms with van der Waals surface area (Å²) >= 11 is 5.97. The van der Waals surface area contributed by atoms with E-state index in [1.807, 2.05) is 7.05 Å². The summed E-state index contributed by atoms with van der Waals surface area (Å²) in [5.41, 5.74) is 1.14. The molecule has 0 unspecified atom stereocenters. The molecule has 1 fully saturated rings. The molecule has 0 aliphatic carbocycles. The number of hydrogen-bond donors (Lipinski definition) is 1. The van der Waals surface area contributed by atoms with Gasteiger partial charge in [-0.3, -0.25) is 13.9 Å². The van der Waals surface area contributed by atoms with Crippen LogP contribution >= 0.6 is 11.6 Å². The van der Waals surface area contributed by atoms with E-state index < -0.39 is 15.8 Å². The number of anilines is 1. The molecule has 10 nitrogen and oxygen atoms in total. The number of hydrogen-bond acceptors (Lipinski definition) is 8. The number of likely N-dealkylation sites (tertiary alicyclic amines) is 1. The van der Waals surface area contributed by atoms with E-state index in [2.05, 4.69) is 19.6 Å². The number of ether oxygens (including phenoxy) is 2. The lowest BCUT2D eigenvalue weighted by atomic mass is 10.0. The van der Waals surface area contributed by atoms with Crippen LogP contribution in [0.3, 0.4) is 0 Å². The van der Waals surface area contributed by atoms with E-state index in [0.29, 0.717) is 29.3 Å². The van der Waals surface area contributed by atoms with Gasteiger partial charge >= 0.3 is 0 Å². The summed E-state index contributed by atoms with van der Waals surface area (Å²) in [5.74, 6) is -0.150. The Morgan fingerprint density at radius 1 is 1.13 bits per heavy atom.